The second-order valence-corrected chi connectivity index (χ2v) is 8.23. The Balaban J connectivity index is 2.15. The molecule has 0 aliphatic heterocycles. The molecule has 0 saturated heterocycles. The van der Waals surface area contributed by atoms with Gasteiger partial charge in [0.2, 0.25) is 5.91 Å². The zero-order valence-electron chi connectivity index (χ0n) is 18.0. The molecule has 0 aliphatic carbocycles. The van der Waals surface area contributed by atoms with E-state index in [-0.39, 0.29) is 42.8 Å². The number of amides is 1. The first-order chi connectivity index (χ1) is 13.6. The van der Waals surface area contributed by atoms with Crippen molar-refractivity contribution in [1.82, 2.24) is 5.32 Å². The molecule has 0 saturated carbocycles. The number of phenols is 2. The molecule has 0 heterocycles. The summed E-state index contributed by atoms with van der Waals surface area (Å²) in [7, 11) is 0. The summed E-state index contributed by atoms with van der Waals surface area (Å²) >= 11 is 0. The predicted octanol–water partition coefficient (Wildman–Crippen LogP) is 3.31. The monoisotopic (exact) mass is 409 g/mol. The van der Waals surface area contributed by atoms with Crippen molar-refractivity contribution in [3.63, 3.8) is 0 Å². The fourth-order valence-electron chi connectivity index (χ4n) is 2.49. The molecule has 1 aromatic rings. The summed E-state index contributed by atoms with van der Waals surface area (Å²) in [5, 5.41) is 21.5. The van der Waals surface area contributed by atoms with Crippen molar-refractivity contribution in [2.45, 2.75) is 65.4 Å². The van der Waals surface area contributed by atoms with Crippen LogP contribution in [0, 0.1) is 5.92 Å². The molecule has 0 spiro atoms. The summed E-state index contributed by atoms with van der Waals surface area (Å²) in [5.41, 5.74) is 0.285. The van der Waals surface area contributed by atoms with Crippen molar-refractivity contribution in [2.24, 2.45) is 5.92 Å². The Morgan fingerprint density at radius 3 is 2.52 bits per heavy atom. The van der Waals surface area contributed by atoms with Gasteiger partial charge in [0.25, 0.3) is 0 Å². The van der Waals surface area contributed by atoms with E-state index in [9.17, 15) is 19.8 Å². The molecule has 0 atom stereocenters. The predicted molar refractivity (Wildman–Crippen MR) is 111 cm³/mol. The first-order valence-corrected chi connectivity index (χ1v) is 10.2. The minimum absolute atomic E-state index is 0.141. The SMILES string of the molecule is CC(C)CCOC(C)(C)COC(=O)CCCC(=O)NCCc1ccc(O)c(O)c1. The highest BCUT2D eigenvalue weighted by Crippen LogP contribution is 2.24. The highest BCUT2D eigenvalue weighted by atomic mass is 16.6. The van der Waals surface area contributed by atoms with Crippen molar-refractivity contribution in [3.05, 3.63) is 23.8 Å². The molecule has 29 heavy (non-hydrogen) atoms. The average molecular weight is 410 g/mol. The standard InChI is InChI=1S/C22H35NO6/c1-16(2)11-13-29-22(3,4)15-28-21(27)7-5-6-20(26)23-12-10-17-8-9-18(24)19(25)14-17/h8-9,14,16,24-25H,5-7,10-13,15H2,1-4H3,(H,23,26). The molecule has 7 nitrogen and oxygen atoms in total. The van der Waals surface area contributed by atoms with Gasteiger partial charge in [0.05, 0.1) is 5.60 Å². The number of rotatable bonds is 13. The van der Waals surface area contributed by atoms with Crippen LogP contribution in [0.5, 0.6) is 11.5 Å². The van der Waals surface area contributed by atoms with Crippen LogP contribution in [-0.2, 0) is 25.5 Å². The second-order valence-electron chi connectivity index (χ2n) is 8.23. The van der Waals surface area contributed by atoms with Crippen molar-refractivity contribution in [2.75, 3.05) is 19.8 Å². The Morgan fingerprint density at radius 2 is 1.86 bits per heavy atom. The van der Waals surface area contributed by atoms with Gasteiger partial charge in [0.15, 0.2) is 11.5 Å². The first kappa shape index (κ1) is 24.8. The number of hydrogen-bond donors (Lipinski definition) is 3. The third kappa shape index (κ3) is 11.3. The minimum atomic E-state index is -0.523. The van der Waals surface area contributed by atoms with Crippen LogP contribution in [0.1, 0.15) is 58.9 Å². The van der Waals surface area contributed by atoms with Crippen LogP contribution in [0.2, 0.25) is 0 Å². The van der Waals surface area contributed by atoms with Crippen molar-refractivity contribution in [1.29, 1.82) is 0 Å². The van der Waals surface area contributed by atoms with Gasteiger partial charge < -0.3 is 25.0 Å². The lowest BCUT2D eigenvalue weighted by Crippen LogP contribution is -2.32. The van der Waals surface area contributed by atoms with Crippen LogP contribution < -0.4 is 5.32 Å². The second kappa shape index (κ2) is 12.3. The Labute approximate surface area is 173 Å². The molecule has 0 unspecified atom stereocenters. The van der Waals surface area contributed by atoms with Crippen LogP contribution >= 0.6 is 0 Å². The Kier molecular flexibility index (Phi) is 10.5. The number of phenolic OH excluding ortho intramolecular Hbond substituents is 2. The van der Waals surface area contributed by atoms with Gasteiger partial charge in [0, 0.05) is 26.0 Å². The van der Waals surface area contributed by atoms with Gasteiger partial charge in [-0.3, -0.25) is 9.59 Å². The van der Waals surface area contributed by atoms with E-state index in [0.29, 0.717) is 31.9 Å². The summed E-state index contributed by atoms with van der Waals surface area (Å²) < 4.78 is 11.0. The minimum Gasteiger partial charge on any atom is -0.504 e. The van der Waals surface area contributed by atoms with E-state index in [0.717, 1.165) is 12.0 Å². The summed E-state index contributed by atoms with van der Waals surface area (Å²) in [6.45, 7) is 9.27. The molecule has 164 valence electrons. The van der Waals surface area contributed by atoms with Crippen molar-refractivity contribution < 1.29 is 29.3 Å². The number of aromatic hydroxyl groups is 2. The Morgan fingerprint density at radius 1 is 1.14 bits per heavy atom. The fourth-order valence-corrected chi connectivity index (χ4v) is 2.49. The third-order valence-corrected chi connectivity index (χ3v) is 4.33. The van der Waals surface area contributed by atoms with Crippen molar-refractivity contribution >= 4 is 11.9 Å². The summed E-state index contributed by atoms with van der Waals surface area (Å²) in [4.78, 5) is 23.7. The van der Waals surface area contributed by atoms with E-state index in [2.05, 4.69) is 19.2 Å². The third-order valence-electron chi connectivity index (χ3n) is 4.33. The zero-order chi connectivity index (χ0) is 21.9. The summed E-state index contributed by atoms with van der Waals surface area (Å²) in [6.07, 6.45) is 2.33. The molecule has 0 fully saturated rings. The van der Waals surface area contributed by atoms with Gasteiger partial charge in [-0.25, -0.2) is 0 Å². The highest BCUT2D eigenvalue weighted by molar-refractivity contribution is 5.77. The highest BCUT2D eigenvalue weighted by Gasteiger charge is 2.21. The molecule has 0 radical (unpaired) electrons. The molecule has 3 N–H and O–H groups in total. The van der Waals surface area contributed by atoms with Gasteiger partial charge in [0.1, 0.15) is 6.61 Å². The Bertz CT molecular complexity index is 657. The fraction of sp³-hybridized carbons (Fsp3) is 0.636. The van der Waals surface area contributed by atoms with E-state index in [4.69, 9.17) is 9.47 Å². The lowest BCUT2D eigenvalue weighted by molar-refractivity contribution is -0.153. The van der Waals surface area contributed by atoms with Gasteiger partial charge >= 0.3 is 5.97 Å². The molecular weight excluding hydrogens is 374 g/mol. The molecular formula is C22H35NO6. The molecule has 1 amide bonds. The van der Waals surface area contributed by atoms with Gasteiger partial charge in [-0.05, 0) is 56.7 Å². The number of benzene rings is 1. The van der Waals surface area contributed by atoms with Gasteiger partial charge in [-0.2, -0.15) is 0 Å². The van der Waals surface area contributed by atoms with E-state index >= 15 is 0 Å². The molecule has 0 aromatic heterocycles. The molecule has 0 bridgehead atoms. The Hall–Kier alpha value is -2.28. The maximum atomic E-state index is 11.9. The largest absolute Gasteiger partial charge is 0.504 e. The molecule has 7 heteroatoms. The van der Waals surface area contributed by atoms with Gasteiger partial charge in [-0.15, -0.1) is 0 Å². The molecule has 0 aliphatic rings. The molecule has 1 aromatic carbocycles. The van der Waals surface area contributed by atoms with Crippen LogP contribution in [0.15, 0.2) is 18.2 Å². The molecule has 1 rings (SSSR count). The number of carbonyl (C=O) groups is 2. The smallest absolute Gasteiger partial charge is 0.305 e. The van der Waals surface area contributed by atoms with Crippen LogP contribution in [-0.4, -0.2) is 47.4 Å². The van der Waals surface area contributed by atoms with E-state index in [1.165, 1.54) is 12.1 Å². The van der Waals surface area contributed by atoms with E-state index in [1.54, 1.807) is 6.07 Å². The number of carbonyl (C=O) groups excluding carboxylic acids is 2. The maximum Gasteiger partial charge on any atom is 0.305 e. The quantitative estimate of drug-likeness (QED) is 0.341. The number of hydrogen-bond acceptors (Lipinski definition) is 6. The van der Waals surface area contributed by atoms with Gasteiger partial charge in [-0.1, -0.05) is 19.9 Å². The van der Waals surface area contributed by atoms with Crippen molar-refractivity contribution in [3.8, 4) is 11.5 Å². The lowest BCUT2D eigenvalue weighted by Gasteiger charge is -2.25. The van der Waals surface area contributed by atoms with Crippen LogP contribution in [0.25, 0.3) is 0 Å². The number of nitrogens with one attached hydrogen (secondary N) is 1. The topological polar surface area (TPSA) is 105 Å². The lowest BCUT2D eigenvalue weighted by atomic mass is 10.1. The van der Waals surface area contributed by atoms with E-state index in [1.807, 2.05) is 13.8 Å². The summed E-state index contributed by atoms with van der Waals surface area (Å²) in [5.74, 6) is -0.264. The zero-order valence-corrected chi connectivity index (χ0v) is 18.0. The number of esters is 1. The van der Waals surface area contributed by atoms with Crippen LogP contribution in [0.3, 0.4) is 0 Å². The first-order valence-electron chi connectivity index (χ1n) is 10.2. The normalized spacial score (nSPS) is 11.5. The maximum absolute atomic E-state index is 11.9. The van der Waals surface area contributed by atoms with E-state index < -0.39 is 5.60 Å². The number of ether oxygens (including phenoxy) is 2. The van der Waals surface area contributed by atoms with Crippen LogP contribution in [0.4, 0.5) is 0 Å². The summed E-state index contributed by atoms with van der Waals surface area (Å²) in [6, 6.07) is 4.56. The average Bonchev–Trinajstić information content (AvgIpc) is 2.62.